The van der Waals surface area contributed by atoms with Crippen LogP contribution in [0.5, 0.6) is 0 Å². The van der Waals surface area contributed by atoms with Crippen LogP contribution in [-0.4, -0.2) is 84.7 Å². The van der Waals surface area contributed by atoms with Crippen molar-refractivity contribution in [3.05, 3.63) is 68.2 Å². The first-order chi connectivity index (χ1) is 20.7. The Morgan fingerprint density at radius 2 is 1.58 bits per heavy atom. The molecule has 43 heavy (non-hydrogen) atoms. The topological polar surface area (TPSA) is 55.9 Å². The number of hydrogen-bond donors (Lipinski definition) is 1. The molecular formula is C33H42Cl3FN4O2. The highest BCUT2D eigenvalue weighted by Crippen LogP contribution is 2.34. The van der Waals surface area contributed by atoms with Crippen molar-refractivity contribution in [2.45, 2.75) is 70.0 Å². The molecule has 0 saturated carbocycles. The summed E-state index contributed by atoms with van der Waals surface area (Å²) in [4.78, 5) is 32.8. The van der Waals surface area contributed by atoms with Crippen molar-refractivity contribution in [2.75, 3.05) is 45.8 Å². The smallest absolute Gasteiger partial charge is 0.318 e. The molecule has 0 aromatic heterocycles. The second kappa shape index (κ2) is 14.8. The van der Waals surface area contributed by atoms with Crippen LogP contribution < -0.4 is 5.32 Å². The van der Waals surface area contributed by atoms with Gasteiger partial charge in [0.2, 0.25) is 5.91 Å². The zero-order valence-electron chi connectivity index (χ0n) is 24.8. The number of likely N-dealkylation sites (tertiary alicyclic amines) is 3. The van der Waals surface area contributed by atoms with E-state index in [1.54, 1.807) is 17.0 Å². The molecule has 0 bridgehead atoms. The molecule has 3 aliphatic rings. The minimum absolute atomic E-state index is 0.0845. The van der Waals surface area contributed by atoms with Crippen LogP contribution in [0, 0.1) is 5.92 Å². The number of urea groups is 1. The van der Waals surface area contributed by atoms with Gasteiger partial charge in [-0.25, -0.2) is 9.18 Å². The standard InChI is InChI=1S/C33H42Cl3FN4O2/c1-22(20-39-13-10-28(37)21-39)16-25-17-26(34)6-7-29(25)23-8-14-40(15-9-23)32(42)31(38-33(43)41-11-2-3-12-41)18-24-4-5-27(35)19-30(24)36/h4-7,17,19,22-23,28,31H,2-3,8-16,18,20-21H2,1H3,(H,38,43)/t22?,28-,31-/m1/s1. The lowest BCUT2D eigenvalue weighted by molar-refractivity contribution is -0.134. The van der Waals surface area contributed by atoms with Gasteiger partial charge in [0.1, 0.15) is 12.2 Å². The van der Waals surface area contributed by atoms with E-state index in [4.69, 9.17) is 34.8 Å². The molecule has 3 aliphatic heterocycles. The maximum Gasteiger partial charge on any atom is 0.318 e. The molecule has 3 saturated heterocycles. The van der Waals surface area contributed by atoms with Crippen molar-refractivity contribution in [3.8, 4) is 0 Å². The molecule has 0 radical (unpaired) electrons. The van der Waals surface area contributed by atoms with Crippen molar-refractivity contribution < 1.29 is 14.0 Å². The first kappa shape index (κ1) is 32.3. The highest BCUT2D eigenvalue weighted by molar-refractivity contribution is 6.35. The summed E-state index contributed by atoms with van der Waals surface area (Å²) in [7, 11) is 0. The summed E-state index contributed by atoms with van der Waals surface area (Å²) in [5.41, 5.74) is 3.31. The summed E-state index contributed by atoms with van der Waals surface area (Å²) >= 11 is 19.0. The summed E-state index contributed by atoms with van der Waals surface area (Å²) in [5, 5.41) is 4.76. The van der Waals surface area contributed by atoms with E-state index in [9.17, 15) is 14.0 Å². The number of nitrogens with one attached hydrogen (secondary N) is 1. The predicted octanol–water partition coefficient (Wildman–Crippen LogP) is 6.99. The summed E-state index contributed by atoms with van der Waals surface area (Å²) in [6.45, 7) is 7.08. The largest absolute Gasteiger partial charge is 0.341 e. The van der Waals surface area contributed by atoms with Crippen LogP contribution in [0.4, 0.5) is 9.18 Å². The first-order valence-corrected chi connectivity index (χ1v) is 16.7. The minimum atomic E-state index is -0.718. The van der Waals surface area contributed by atoms with E-state index in [1.807, 2.05) is 17.0 Å². The molecule has 1 unspecified atom stereocenters. The van der Waals surface area contributed by atoms with Crippen LogP contribution in [0.1, 0.15) is 61.6 Å². The van der Waals surface area contributed by atoms with E-state index in [2.05, 4.69) is 29.3 Å². The Bertz CT molecular complexity index is 1280. The van der Waals surface area contributed by atoms with Crippen molar-refractivity contribution in [1.29, 1.82) is 0 Å². The number of amides is 3. The molecule has 6 nitrogen and oxygen atoms in total. The molecule has 3 amide bonds. The lowest BCUT2D eigenvalue weighted by atomic mass is 9.84. The van der Waals surface area contributed by atoms with Gasteiger partial charge in [0.05, 0.1) is 0 Å². The Morgan fingerprint density at radius 3 is 2.26 bits per heavy atom. The van der Waals surface area contributed by atoms with Crippen LogP contribution in [0.3, 0.4) is 0 Å². The number of halogens is 4. The van der Waals surface area contributed by atoms with E-state index >= 15 is 0 Å². The van der Waals surface area contributed by atoms with Crippen molar-refractivity contribution in [1.82, 2.24) is 20.0 Å². The quantitative estimate of drug-likeness (QED) is 0.318. The fraction of sp³-hybridized carbons (Fsp3) is 0.576. The molecule has 5 rings (SSSR count). The molecule has 1 N–H and O–H groups in total. The van der Waals surface area contributed by atoms with Crippen molar-refractivity contribution in [2.24, 2.45) is 5.92 Å². The molecule has 0 aliphatic carbocycles. The van der Waals surface area contributed by atoms with Gasteiger partial charge >= 0.3 is 6.03 Å². The molecule has 3 heterocycles. The molecule has 0 spiro atoms. The highest BCUT2D eigenvalue weighted by atomic mass is 35.5. The Balaban J connectivity index is 1.24. The number of piperidine rings is 1. The molecule has 234 valence electrons. The van der Waals surface area contributed by atoms with Gasteiger partial charge in [-0.2, -0.15) is 0 Å². The monoisotopic (exact) mass is 650 g/mol. The SMILES string of the molecule is CC(Cc1cc(Cl)ccc1C1CCN(C(=O)[C@@H](Cc2ccc(Cl)cc2Cl)NC(=O)N2CCCC2)CC1)CN1CC[C@@H](F)C1. The zero-order valence-corrected chi connectivity index (χ0v) is 27.1. The normalized spacial score (nSPS) is 21.3. The van der Waals surface area contributed by atoms with Crippen molar-refractivity contribution >= 4 is 46.7 Å². The molecule has 10 heteroatoms. The number of nitrogens with zero attached hydrogens (tertiary/aromatic N) is 3. The molecular weight excluding hydrogens is 610 g/mol. The molecule has 3 atom stereocenters. The summed E-state index contributed by atoms with van der Waals surface area (Å²) < 4.78 is 13.7. The van der Waals surface area contributed by atoms with Gasteiger partial charge in [0, 0.05) is 67.3 Å². The third-order valence-electron chi connectivity index (χ3n) is 9.13. The van der Waals surface area contributed by atoms with Crippen LogP contribution in [-0.2, 0) is 17.6 Å². The Labute approximate surface area is 269 Å². The van der Waals surface area contributed by atoms with Gasteiger partial charge < -0.3 is 20.0 Å². The first-order valence-electron chi connectivity index (χ1n) is 15.6. The van der Waals surface area contributed by atoms with E-state index in [1.165, 1.54) is 11.1 Å². The van der Waals surface area contributed by atoms with Gasteiger partial charge in [0.15, 0.2) is 0 Å². The van der Waals surface area contributed by atoms with E-state index < -0.39 is 12.2 Å². The fourth-order valence-corrected chi connectivity index (χ4v) is 7.56. The van der Waals surface area contributed by atoms with Crippen LogP contribution >= 0.6 is 34.8 Å². The number of carbonyl (C=O) groups is 2. The van der Waals surface area contributed by atoms with Crippen molar-refractivity contribution in [3.63, 3.8) is 0 Å². The minimum Gasteiger partial charge on any atom is -0.341 e. The maximum absolute atomic E-state index is 13.9. The van der Waals surface area contributed by atoms with E-state index in [-0.39, 0.29) is 11.9 Å². The van der Waals surface area contributed by atoms with Gasteiger partial charge in [-0.1, -0.05) is 53.9 Å². The number of hydrogen-bond acceptors (Lipinski definition) is 3. The van der Waals surface area contributed by atoms with E-state index in [0.29, 0.717) is 67.4 Å². The van der Waals surface area contributed by atoms with Gasteiger partial charge in [-0.05, 0) is 91.3 Å². The van der Waals surface area contributed by atoms with Gasteiger partial charge in [-0.15, -0.1) is 0 Å². The number of rotatable bonds is 9. The second-order valence-electron chi connectivity index (χ2n) is 12.5. The third-order valence-corrected chi connectivity index (χ3v) is 9.95. The fourth-order valence-electron chi connectivity index (χ4n) is 6.88. The Kier molecular flexibility index (Phi) is 11.1. The second-order valence-corrected chi connectivity index (χ2v) is 13.8. The van der Waals surface area contributed by atoms with Crippen LogP contribution in [0.15, 0.2) is 36.4 Å². The molecule has 2 aromatic carbocycles. The zero-order chi connectivity index (χ0) is 30.5. The van der Waals surface area contributed by atoms with Gasteiger partial charge in [-0.3, -0.25) is 4.79 Å². The Hall–Kier alpha value is -2.06. The average molecular weight is 652 g/mol. The van der Waals surface area contributed by atoms with Crippen LogP contribution in [0.25, 0.3) is 0 Å². The Morgan fingerprint density at radius 1 is 0.884 bits per heavy atom. The highest BCUT2D eigenvalue weighted by Gasteiger charge is 2.33. The number of benzene rings is 2. The predicted molar refractivity (Wildman–Crippen MR) is 172 cm³/mol. The number of alkyl halides is 1. The van der Waals surface area contributed by atoms with Crippen LogP contribution in [0.2, 0.25) is 15.1 Å². The summed E-state index contributed by atoms with van der Waals surface area (Å²) in [6.07, 6.45) is 4.72. The molecule has 3 fully saturated rings. The average Bonchev–Trinajstić information content (AvgIpc) is 3.66. The number of carbonyl (C=O) groups excluding carboxylic acids is 2. The lowest BCUT2D eigenvalue weighted by Gasteiger charge is -2.36. The summed E-state index contributed by atoms with van der Waals surface area (Å²) in [5.74, 6) is 0.608. The van der Waals surface area contributed by atoms with E-state index in [0.717, 1.165) is 55.8 Å². The lowest BCUT2D eigenvalue weighted by Crippen LogP contribution is -2.54. The van der Waals surface area contributed by atoms with Gasteiger partial charge in [0.25, 0.3) is 0 Å². The third kappa shape index (κ3) is 8.56. The molecule has 2 aromatic rings. The summed E-state index contributed by atoms with van der Waals surface area (Å²) in [6, 6.07) is 10.5. The maximum atomic E-state index is 13.9.